The number of aryl methyl sites for hydroxylation is 1. The quantitative estimate of drug-likeness (QED) is 0.863. The number of hydrogen-bond donors (Lipinski definition) is 2. The van der Waals surface area contributed by atoms with Crippen molar-refractivity contribution in [2.45, 2.75) is 37.1 Å². The highest BCUT2D eigenvalue weighted by atomic mass is 32.2. The van der Waals surface area contributed by atoms with Crippen LogP contribution in [0, 0.1) is 0 Å². The normalized spacial score (nSPS) is 16.9. The first-order valence-electron chi connectivity index (χ1n) is 8.49. The summed E-state index contributed by atoms with van der Waals surface area (Å²) < 4.78 is 26.3. The van der Waals surface area contributed by atoms with Gasteiger partial charge in [0.05, 0.1) is 10.9 Å². The van der Waals surface area contributed by atoms with Gasteiger partial charge >= 0.3 is 0 Å². The molecule has 25 heavy (non-hydrogen) atoms. The van der Waals surface area contributed by atoms with Crippen LogP contribution in [0.5, 0.6) is 0 Å². The van der Waals surface area contributed by atoms with Gasteiger partial charge in [0.15, 0.2) is 0 Å². The summed E-state index contributed by atoms with van der Waals surface area (Å²) in [4.78, 5) is 12.7. The predicted octanol–water partition coefficient (Wildman–Crippen LogP) is 2.79. The third-order valence-electron chi connectivity index (χ3n) is 4.44. The zero-order valence-corrected chi connectivity index (χ0v) is 15.0. The standard InChI is InChI=1S/C19H22N2O3S/c1-2-20-25(23,24)16-12-10-15(11-13-16)19(22)21-18-9-5-7-14-6-3-4-8-17(14)18/h3-4,6,8,10-13,18,20H,2,5,7,9H2,1H3,(H,21,22). The highest BCUT2D eigenvalue weighted by Crippen LogP contribution is 2.29. The number of carbonyl (C=O) groups excluding carboxylic acids is 1. The number of rotatable bonds is 5. The largest absolute Gasteiger partial charge is 0.345 e. The summed E-state index contributed by atoms with van der Waals surface area (Å²) in [5.41, 5.74) is 2.91. The molecule has 6 heteroatoms. The van der Waals surface area contributed by atoms with Crippen molar-refractivity contribution in [3.63, 3.8) is 0 Å². The highest BCUT2D eigenvalue weighted by molar-refractivity contribution is 7.89. The smallest absolute Gasteiger partial charge is 0.251 e. The van der Waals surface area contributed by atoms with Gasteiger partial charge in [-0.3, -0.25) is 4.79 Å². The molecule has 1 unspecified atom stereocenters. The van der Waals surface area contributed by atoms with Crippen LogP contribution in [0.15, 0.2) is 53.4 Å². The van der Waals surface area contributed by atoms with Crippen LogP contribution in [0.4, 0.5) is 0 Å². The summed E-state index contributed by atoms with van der Waals surface area (Å²) in [6, 6.07) is 14.2. The molecular weight excluding hydrogens is 336 g/mol. The van der Waals surface area contributed by atoms with Crippen LogP contribution in [0.3, 0.4) is 0 Å². The average Bonchev–Trinajstić information content (AvgIpc) is 2.62. The fourth-order valence-corrected chi connectivity index (χ4v) is 4.25. The number of hydrogen-bond acceptors (Lipinski definition) is 3. The second-order valence-electron chi connectivity index (χ2n) is 6.14. The maximum atomic E-state index is 12.5. The van der Waals surface area contributed by atoms with Gasteiger partial charge < -0.3 is 5.32 Å². The lowest BCUT2D eigenvalue weighted by Crippen LogP contribution is -2.31. The van der Waals surface area contributed by atoms with Gasteiger partial charge in [0.25, 0.3) is 5.91 Å². The first kappa shape index (κ1) is 17.6. The van der Waals surface area contributed by atoms with E-state index in [1.807, 2.05) is 12.1 Å². The third kappa shape index (κ3) is 3.91. The Morgan fingerprint density at radius 3 is 2.56 bits per heavy atom. The molecule has 2 aromatic carbocycles. The van der Waals surface area contributed by atoms with Gasteiger partial charge in [-0.15, -0.1) is 0 Å². The van der Waals surface area contributed by atoms with Crippen molar-refractivity contribution < 1.29 is 13.2 Å². The maximum Gasteiger partial charge on any atom is 0.251 e. The van der Waals surface area contributed by atoms with Crippen LogP contribution in [0.1, 0.15) is 47.3 Å². The average molecular weight is 358 g/mol. The van der Waals surface area contributed by atoms with Crippen molar-refractivity contribution in [1.29, 1.82) is 0 Å². The Balaban J connectivity index is 1.75. The van der Waals surface area contributed by atoms with Gasteiger partial charge in [0, 0.05) is 12.1 Å². The zero-order valence-electron chi connectivity index (χ0n) is 14.2. The molecular formula is C19H22N2O3S. The van der Waals surface area contributed by atoms with Crippen molar-refractivity contribution >= 4 is 15.9 Å². The van der Waals surface area contributed by atoms with E-state index < -0.39 is 10.0 Å². The monoisotopic (exact) mass is 358 g/mol. The molecule has 2 N–H and O–H groups in total. The van der Waals surface area contributed by atoms with Crippen LogP contribution >= 0.6 is 0 Å². The Kier molecular flexibility index (Phi) is 5.20. The fraction of sp³-hybridized carbons (Fsp3) is 0.316. The Morgan fingerprint density at radius 2 is 1.84 bits per heavy atom. The van der Waals surface area contributed by atoms with Crippen LogP contribution in [-0.2, 0) is 16.4 Å². The van der Waals surface area contributed by atoms with E-state index in [1.54, 1.807) is 19.1 Å². The number of amides is 1. The molecule has 1 aliphatic rings. The molecule has 1 amide bonds. The van der Waals surface area contributed by atoms with Gasteiger partial charge in [0.1, 0.15) is 0 Å². The lowest BCUT2D eigenvalue weighted by atomic mass is 9.87. The van der Waals surface area contributed by atoms with Crippen LogP contribution in [0.25, 0.3) is 0 Å². The summed E-state index contributed by atoms with van der Waals surface area (Å²) in [5.74, 6) is -0.186. The molecule has 0 aliphatic heterocycles. The van der Waals surface area contributed by atoms with E-state index in [0.717, 1.165) is 19.3 Å². The minimum atomic E-state index is -3.50. The summed E-state index contributed by atoms with van der Waals surface area (Å²) in [5, 5.41) is 3.07. The van der Waals surface area contributed by atoms with E-state index in [2.05, 4.69) is 22.2 Å². The van der Waals surface area contributed by atoms with Crippen LogP contribution in [0.2, 0.25) is 0 Å². The molecule has 1 aliphatic carbocycles. The van der Waals surface area contributed by atoms with Crippen LogP contribution < -0.4 is 10.0 Å². The lowest BCUT2D eigenvalue weighted by Gasteiger charge is -2.26. The van der Waals surface area contributed by atoms with E-state index in [1.165, 1.54) is 23.3 Å². The number of fused-ring (bicyclic) bond motifs is 1. The zero-order chi connectivity index (χ0) is 17.9. The number of sulfonamides is 1. The Hall–Kier alpha value is -2.18. The van der Waals surface area contributed by atoms with Crippen LogP contribution in [-0.4, -0.2) is 20.9 Å². The van der Waals surface area contributed by atoms with E-state index in [0.29, 0.717) is 12.1 Å². The van der Waals surface area contributed by atoms with Gasteiger partial charge in [-0.05, 0) is 54.7 Å². The Morgan fingerprint density at radius 1 is 1.12 bits per heavy atom. The Labute approximate surface area is 148 Å². The SMILES string of the molecule is CCNS(=O)(=O)c1ccc(C(=O)NC2CCCc3ccccc32)cc1. The predicted molar refractivity (Wildman–Crippen MR) is 96.9 cm³/mol. The number of carbonyl (C=O) groups is 1. The fourth-order valence-electron chi connectivity index (χ4n) is 3.20. The first-order chi connectivity index (χ1) is 12.0. The summed E-state index contributed by atoms with van der Waals surface area (Å²) in [6.45, 7) is 2.05. The van der Waals surface area contributed by atoms with Crippen molar-refractivity contribution in [3.8, 4) is 0 Å². The number of benzene rings is 2. The second kappa shape index (κ2) is 7.37. The molecule has 132 valence electrons. The molecule has 2 aromatic rings. The van der Waals surface area contributed by atoms with Crippen molar-refractivity contribution in [2.24, 2.45) is 0 Å². The summed E-state index contributed by atoms with van der Waals surface area (Å²) in [7, 11) is -3.50. The molecule has 0 saturated heterocycles. The molecule has 0 aromatic heterocycles. The van der Waals surface area contributed by atoms with Gasteiger partial charge in [-0.1, -0.05) is 31.2 Å². The molecule has 0 fully saturated rings. The van der Waals surface area contributed by atoms with Crippen molar-refractivity contribution in [1.82, 2.24) is 10.0 Å². The molecule has 0 saturated carbocycles. The van der Waals surface area contributed by atoms with E-state index in [-0.39, 0.29) is 16.8 Å². The minimum Gasteiger partial charge on any atom is -0.345 e. The van der Waals surface area contributed by atoms with E-state index in [9.17, 15) is 13.2 Å². The molecule has 0 bridgehead atoms. The molecule has 3 rings (SSSR count). The van der Waals surface area contributed by atoms with Crippen molar-refractivity contribution in [3.05, 3.63) is 65.2 Å². The van der Waals surface area contributed by atoms with E-state index in [4.69, 9.17) is 0 Å². The van der Waals surface area contributed by atoms with Gasteiger partial charge in [0.2, 0.25) is 10.0 Å². The molecule has 1 atom stereocenters. The molecule has 0 radical (unpaired) electrons. The second-order valence-corrected chi connectivity index (χ2v) is 7.91. The molecule has 5 nitrogen and oxygen atoms in total. The number of nitrogens with one attached hydrogen (secondary N) is 2. The van der Waals surface area contributed by atoms with Crippen molar-refractivity contribution in [2.75, 3.05) is 6.54 Å². The minimum absolute atomic E-state index is 0.00242. The summed E-state index contributed by atoms with van der Waals surface area (Å²) in [6.07, 6.45) is 3.00. The highest BCUT2D eigenvalue weighted by Gasteiger charge is 2.22. The molecule has 0 spiro atoms. The summed E-state index contributed by atoms with van der Waals surface area (Å²) >= 11 is 0. The first-order valence-corrected chi connectivity index (χ1v) is 9.98. The maximum absolute atomic E-state index is 12.5. The third-order valence-corrected chi connectivity index (χ3v) is 6.00. The van der Waals surface area contributed by atoms with E-state index >= 15 is 0 Å². The molecule has 0 heterocycles. The lowest BCUT2D eigenvalue weighted by molar-refractivity contribution is 0.0932. The Bertz CT molecular complexity index is 860. The van der Waals surface area contributed by atoms with Gasteiger partial charge in [-0.25, -0.2) is 13.1 Å². The topological polar surface area (TPSA) is 75.3 Å². The van der Waals surface area contributed by atoms with Gasteiger partial charge in [-0.2, -0.15) is 0 Å².